The van der Waals surface area contributed by atoms with Crippen molar-refractivity contribution in [1.29, 1.82) is 0 Å². The van der Waals surface area contributed by atoms with E-state index in [0.29, 0.717) is 23.3 Å². The Hall–Kier alpha value is -1.56. The van der Waals surface area contributed by atoms with Gasteiger partial charge in [-0.15, -0.1) is 0 Å². The van der Waals surface area contributed by atoms with Crippen LogP contribution in [0.3, 0.4) is 0 Å². The molecular formula is C15H23N3O2S. The van der Waals surface area contributed by atoms with Gasteiger partial charge < -0.3 is 10.6 Å². The number of guanidine groups is 1. The van der Waals surface area contributed by atoms with E-state index in [9.17, 15) is 8.42 Å². The second-order valence-electron chi connectivity index (χ2n) is 5.78. The highest BCUT2D eigenvalue weighted by Crippen LogP contribution is 2.15. The van der Waals surface area contributed by atoms with Gasteiger partial charge in [-0.3, -0.25) is 0 Å². The maximum absolute atomic E-state index is 11.4. The molecule has 5 nitrogen and oxygen atoms in total. The van der Waals surface area contributed by atoms with E-state index in [1.54, 1.807) is 24.3 Å². The Morgan fingerprint density at radius 2 is 2.05 bits per heavy atom. The quantitative estimate of drug-likeness (QED) is 0.680. The molecule has 1 fully saturated rings. The molecule has 1 aliphatic rings. The molecule has 6 heteroatoms. The third-order valence-electron chi connectivity index (χ3n) is 3.76. The predicted molar refractivity (Wildman–Crippen MR) is 84.8 cm³/mol. The van der Waals surface area contributed by atoms with Gasteiger partial charge in [0.2, 0.25) is 0 Å². The van der Waals surface area contributed by atoms with Crippen molar-refractivity contribution < 1.29 is 8.42 Å². The van der Waals surface area contributed by atoms with Crippen LogP contribution in [0.25, 0.3) is 0 Å². The Labute approximate surface area is 126 Å². The molecule has 0 aromatic heterocycles. The number of rotatable bonds is 3. The Morgan fingerprint density at radius 3 is 2.62 bits per heavy atom. The van der Waals surface area contributed by atoms with Crippen molar-refractivity contribution in [3.63, 3.8) is 0 Å². The molecule has 0 bridgehead atoms. The summed E-state index contributed by atoms with van der Waals surface area (Å²) in [6.45, 7) is 4.62. The van der Waals surface area contributed by atoms with Crippen LogP contribution in [0, 0.1) is 5.92 Å². The fourth-order valence-electron chi connectivity index (χ4n) is 2.51. The van der Waals surface area contributed by atoms with E-state index >= 15 is 0 Å². The first-order valence-electron chi connectivity index (χ1n) is 7.20. The van der Waals surface area contributed by atoms with Crippen molar-refractivity contribution in [3.8, 4) is 0 Å². The van der Waals surface area contributed by atoms with Crippen LogP contribution in [-0.2, 0) is 16.4 Å². The van der Waals surface area contributed by atoms with Crippen LogP contribution in [0.4, 0.5) is 0 Å². The lowest BCUT2D eigenvalue weighted by atomic mass is 10.0. The van der Waals surface area contributed by atoms with Crippen LogP contribution >= 0.6 is 0 Å². The molecule has 1 aromatic rings. The number of aliphatic imine (C=N–C) groups is 1. The van der Waals surface area contributed by atoms with Gasteiger partial charge in [-0.1, -0.05) is 19.1 Å². The van der Waals surface area contributed by atoms with Gasteiger partial charge in [0.1, 0.15) is 0 Å². The number of sulfone groups is 1. The molecule has 0 radical (unpaired) electrons. The average molecular weight is 309 g/mol. The van der Waals surface area contributed by atoms with E-state index in [-0.39, 0.29) is 0 Å². The number of likely N-dealkylation sites (tertiary alicyclic amines) is 1. The first-order valence-corrected chi connectivity index (χ1v) is 9.09. The van der Waals surface area contributed by atoms with Gasteiger partial charge in [0.25, 0.3) is 0 Å². The highest BCUT2D eigenvalue weighted by atomic mass is 32.2. The largest absolute Gasteiger partial charge is 0.370 e. The molecule has 0 saturated carbocycles. The van der Waals surface area contributed by atoms with Crippen LogP contribution < -0.4 is 5.73 Å². The number of piperidine rings is 1. The summed E-state index contributed by atoms with van der Waals surface area (Å²) in [5.74, 6) is 1.23. The van der Waals surface area contributed by atoms with Crippen LogP contribution in [0.5, 0.6) is 0 Å². The number of nitrogens with zero attached hydrogens (tertiary/aromatic N) is 2. The second-order valence-corrected chi connectivity index (χ2v) is 7.80. The molecule has 1 heterocycles. The Bertz CT molecular complexity index is 608. The van der Waals surface area contributed by atoms with E-state index in [1.165, 1.54) is 12.7 Å². The summed E-state index contributed by atoms with van der Waals surface area (Å²) in [4.78, 5) is 6.87. The van der Waals surface area contributed by atoms with Crippen molar-refractivity contribution in [3.05, 3.63) is 29.8 Å². The third kappa shape index (κ3) is 4.46. The monoisotopic (exact) mass is 309 g/mol. The van der Waals surface area contributed by atoms with Crippen molar-refractivity contribution >= 4 is 15.8 Å². The summed E-state index contributed by atoms with van der Waals surface area (Å²) in [6.07, 6.45) is 3.60. The molecule has 116 valence electrons. The first-order chi connectivity index (χ1) is 9.86. The van der Waals surface area contributed by atoms with Gasteiger partial charge >= 0.3 is 0 Å². The summed E-state index contributed by atoms with van der Waals surface area (Å²) in [5.41, 5.74) is 6.99. The maximum Gasteiger partial charge on any atom is 0.191 e. The van der Waals surface area contributed by atoms with Crippen LogP contribution in [0.2, 0.25) is 0 Å². The number of hydrogen-bond acceptors (Lipinski definition) is 3. The Kier molecular flexibility index (Phi) is 4.88. The molecule has 21 heavy (non-hydrogen) atoms. The Balaban J connectivity index is 2.00. The highest BCUT2D eigenvalue weighted by molar-refractivity contribution is 7.90. The lowest BCUT2D eigenvalue weighted by Gasteiger charge is -2.31. The van der Waals surface area contributed by atoms with Crippen LogP contribution in [-0.4, -0.2) is 38.6 Å². The first kappa shape index (κ1) is 15.8. The molecular weight excluding hydrogens is 286 g/mol. The van der Waals surface area contributed by atoms with E-state index in [2.05, 4.69) is 16.8 Å². The summed E-state index contributed by atoms with van der Waals surface area (Å²) in [6, 6.07) is 6.79. The van der Waals surface area contributed by atoms with Crippen LogP contribution in [0.15, 0.2) is 34.2 Å². The number of benzene rings is 1. The van der Waals surface area contributed by atoms with Gasteiger partial charge in [-0.05, 0) is 36.5 Å². The average Bonchev–Trinajstić information content (AvgIpc) is 2.44. The lowest BCUT2D eigenvalue weighted by Crippen LogP contribution is -2.43. The second kappa shape index (κ2) is 6.47. The molecule has 1 aliphatic heterocycles. The number of nitrogens with two attached hydrogens (primary N) is 1. The minimum Gasteiger partial charge on any atom is -0.370 e. The molecule has 1 aromatic carbocycles. The SMILES string of the molecule is CC1CCCN(C(N)=NCc2ccc(S(C)(=O)=O)cc2)C1. The molecule has 0 amide bonds. The summed E-state index contributed by atoms with van der Waals surface area (Å²) in [7, 11) is -3.14. The van der Waals surface area contributed by atoms with Crippen LogP contribution in [0.1, 0.15) is 25.3 Å². The van der Waals surface area contributed by atoms with Gasteiger partial charge in [0.05, 0.1) is 11.4 Å². The molecule has 1 atom stereocenters. The van der Waals surface area contributed by atoms with E-state index < -0.39 is 9.84 Å². The topological polar surface area (TPSA) is 75.8 Å². The van der Waals surface area contributed by atoms with E-state index in [1.807, 2.05) is 0 Å². The molecule has 2 N–H and O–H groups in total. The van der Waals surface area contributed by atoms with Gasteiger partial charge in [-0.25, -0.2) is 13.4 Å². The molecule has 0 aliphatic carbocycles. The molecule has 1 saturated heterocycles. The fraction of sp³-hybridized carbons (Fsp3) is 0.533. The molecule has 1 unspecified atom stereocenters. The minimum absolute atomic E-state index is 0.327. The lowest BCUT2D eigenvalue weighted by molar-refractivity contribution is 0.270. The summed E-state index contributed by atoms with van der Waals surface area (Å²) in [5, 5.41) is 0. The standard InChI is InChI=1S/C15H23N3O2S/c1-12-4-3-9-18(11-12)15(16)17-10-13-5-7-14(8-6-13)21(2,19)20/h5-8,12H,3-4,9-11H2,1-2H3,(H2,16,17). The van der Waals surface area contributed by atoms with Crippen molar-refractivity contribution in [1.82, 2.24) is 4.90 Å². The fourth-order valence-corrected chi connectivity index (χ4v) is 3.14. The van der Waals surface area contributed by atoms with Gasteiger partial charge in [0.15, 0.2) is 15.8 Å². The predicted octanol–water partition coefficient (Wildman–Crippen LogP) is 1.64. The zero-order valence-corrected chi connectivity index (χ0v) is 13.4. The zero-order chi connectivity index (χ0) is 15.5. The summed E-state index contributed by atoms with van der Waals surface area (Å²) >= 11 is 0. The minimum atomic E-state index is -3.14. The Morgan fingerprint density at radius 1 is 1.38 bits per heavy atom. The van der Waals surface area contributed by atoms with Gasteiger partial charge in [0, 0.05) is 19.3 Å². The maximum atomic E-state index is 11.4. The number of hydrogen-bond donors (Lipinski definition) is 1. The zero-order valence-electron chi connectivity index (χ0n) is 12.6. The van der Waals surface area contributed by atoms with Gasteiger partial charge in [-0.2, -0.15) is 0 Å². The third-order valence-corrected chi connectivity index (χ3v) is 4.88. The van der Waals surface area contributed by atoms with E-state index in [4.69, 9.17) is 5.73 Å². The molecule has 2 rings (SSSR count). The summed E-state index contributed by atoms with van der Waals surface area (Å²) < 4.78 is 22.8. The van der Waals surface area contributed by atoms with Crippen molar-refractivity contribution in [2.75, 3.05) is 19.3 Å². The van der Waals surface area contributed by atoms with Crippen molar-refractivity contribution in [2.24, 2.45) is 16.6 Å². The highest BCUT2D eigenvalue weighted by Gasteiger charge is 2.17. The normalized spacial score (nSPS) is 20.6. The smallest absolute Gasteiger partial charge is 0.191 e. The van der Waals surface area contributed by atoms with E-state index in [0.717, 1.165) is 25.1 Å². The van der Waals surface area contributed by atoms with Crippen molar-refractivity contribution in [2.45, 2.75) is 31.2 Å². The molecule has 0 spiro atoms.